The first-order valence-electron chi connectivity index (χ1n) is 34.6. The zero-order valence-electron chi connectivity index (χ0n) is 56.1. The van der Waals surface area contributed by atoms with Crippen LogP contribution in [0, 0.1) is 0 Å². The number of carboxylic acid groups (broad SMARTS) is 1. The number of hydrogen-bond donors (Lipinski definition) is 0. The van der Waals surface area contributed by atoms with Crippen molar-refractivity contribution in [2.75, 3.05) is 47.5 Å². The van der Waals surface area contributed by atoms with Gasteiger partial charge in [-0.3, -0.25) is 9.59 Å². The van der Waals surface area contributed by atoms with Crippen molar-refractivity contribution < 1.29 is 42.9 Å². The van der Waals surface area contributed by atoms with Gasteiger partial charge in [-0.15, -0.1) is 0 Å². The Morgan fingerprint density at radius 2 is 0.621 bits per heavy atom. The van der Waals surface area contributed by atoms with Gasteiger partial charge in [-0.2, -0.15) is 0 Å². The lowest BCUT2D eigenvalue weighted by Crippen LogP contribution is -2.44. The van der Waals surface area contributed by atoms with Crippen molar-refractivity contribution in [3.05, 3.63) is 158 Å². The number of allylic oxidation sites excluding steroid dienone is 26. The van der Waals surface area contributed by atoms with E-state index in [2.05, 4.69) is 172 Å². The molecule has 0 aliphatic heterocycles. The van der Waals surface area contributed by atoms with Gasteiger partial charge < -0.3 is 33.3 Å². The third-order valence-corrected chi connectivity index (χ3v) is 14.3. The van der Waals surface area contributed by atoms with Crippen LogP contribution in [0.4, 0.5) is 0 Å². The summed E-state index contributed by atoms with van der Waals surface area (Å²) in [6.07, 6.45) is 96.0. The van der Waals surface area contributed by atoms with Crippen LogP contribution in [0.5, 0.6) is 0 Å². The molecule has 0 aromatic heterocycles. The average Bonchev–Trinajstić information content (AvgIpc) is 3.55. The summed E-state index contributed by atoms with van der Waals surface area (Å²) in [6, 6.07) is 0. The van der Waals surface area contributed by atoms with Crippen LogP contribution in [-0.4, -0.2) is 82.3 Å². The number of nitrogens with zero attached hydrogens (tertiary/aromatic N) is 1. The van der Waals surface area contributed by atoms with Crippen molar-refractivity contribution in [3.8, 4) is 0 Å². The second-order valence-corrected chi connectivity index (χ2v) is 23.7. The van der Waals surface area contributed by atoms with Crippen LogP contribution in [-0.2, 0) is 33.3 Å². The molecule has 0 heterocycles. The van der Waals surface area contributed by atoms with E-state index in [0.29, 0.717) is 17.4 Å². The van der Waals surface area contributed by atoms with Gasteiger partial charge in [0.25, 0.3) is 0 Å². The van der Waals surface area contributed by atoms with Crippen LogP contribution in [0.2, 0.25) is 0 Å². The molecule has 9 nitrogen and oxygen atoms in total. The molecular weight excluding hydrogens is 1080 g/mol. The molecule has 0 N–H and O–H groups in total. The highest BCUT2D eigenvalue weighted by Crippen LogP contribution is 2.16. The summed E-state index contributed by atoms with van der Waals surface area (Å²) in [4.78, 5) is 37.5. The van der Waals surface area contributed by atoms with Crippen molar-refractivity contribution in [3.63, 3.8) is 0 Å². The van der Waals surface area contributed by atoms with E-state index in [1.54, 1.807) is 0 Å². The lowest BCUT2D eigenvalue weighted by Gasteiger charge is -2.26. The van der Waals surface area contributed by atoms with Crippen molar-refractivity contribution in [2.24, 2.45) is 0 Å². The van der Waals surface area contributed by atoms with E-state index in [1.165, 1.54) is 89.9 Å². The zero-order chi connectivity index (χ0) is 63.3. The van der Waals surface area contributed by atoms with Crippen molar-refractivity contribution in [2.45, 2.75) is 270 Å². The number of quaternary nitrogens is 1. The minimum Gasteiger partial charge on any atom is -0.545 e. The molecule has 9 heteroatoms. The SMILES string of the molecule is CC/C=C\C/C=C\C/C=C\C/C=C\C/C=C\C/C=C\C/C=C\C/C=C\CCCCCCCCCCCCCCCCC(=O)OC(COC(=O)CCCCCCCCC/C=C\C/C=C\C/C=C\C/C=C\C/C=C\CC)COC(OCC[N+](C)(C)C)C(=O)[O-]. The van der Waals surface area contributed by atoms with E-state index in [-0.39, 0.29) is 38.6 Å². The van der Waals surface area contributed by atoms with Gasteiger partial charge in [0, 0.05) is 12.8 Å². The zero-order valence-corrected chi connectivity index (χ0v) is 56.1. The summed E-state index contributed by atoms with van der Waals surface area (Å²) in [6.45, 7) is 4.50. The number of likely N-dealkylation sites (N-methyl/N-ethyl adjacent to an activating group) is 1. The van der Waals surface area contributed by atoms with Crippen molar-refractivity contribution >= 4 is 17.9 Å². The Balaban J connectivity index is 4.15. The molecule has 0 aliphatic carbocycles. The van der Waals surface area contributed by atoms with Crippen molar-refractivity contribution in [1.82, 2.24) is 0 Å². The fourth-order valence-electron chi connectivity index (χ4n) is 9.05. The first-order chi connectivity index (χ1) is 42.6. The molecule has 2 atom stereocenters. The quantitative estimate of drug-likeness (QED) is 0.0195. The maximum absolute atomic E-state index is 12.9. The Labute approximate surface area is 534 Å². The van der Waals surface area contributed by atoms with Crippen LogP contribution < -0.4 is 5.11 Å². The molecule has 0 bridgehead atoms. The maximum Gasteiger partial charge on any atom is 0.306 e. The van der Waals surface area contributed by atoms with Gasteiger partial charge in [-0.25, -0.2) is 0 Å². The monoisotopic (exact) mass is 1210 g/mol. The Morgan fingerprint density at radius 1 is 0.345 bits per heavy atom. The van der Waals surface area contributed by atoms with Gasteiger partial charge in [0.1, 0.15) is 13.2 Å². The first kappa shape index (κ1) is 81.9. The number of aliphatic carboxylic acids is 1. The normalized spacial score (nSPS) is 13.7. The Hall–Kier alpha value is -5.09. The third-order valence-electron chi connectivity index (χ3n) is 14.3. The molecule has 0 aromatic rings. The molecule has 0 rings (SSSR count). The number of carboxylic acids is 1. The number of carbonyl (C=O) groups is 3. The van der Waals surface area contributed by atoms with E-state index in [4.69, 9.17) is 18.9 Å². The standard InChI is InChI=1S/C78H127NO8/c1-6-8-10-12-14-16-18-20-22-24-26-28-30-31-32-33-34-35-36-37-38-39-40-41-42-43-44-45-47-49-51-53-55-57-59-61-63-65-67-69-76(81)87-74(73-86-78(77(82)83)84-71-70-79(3,4)5)72-85-75(80)68-66-64-62-60-58-56-54-52-50-48-46-29-27-25-23-21-19-17-15-13-11-9-7-2/h8-11,14-17,20-23,26-29,31-32,34-35,37-38,40-41,48,50,74,78H,6-7,12-13,18-19,24-25,30,33,36,39,42-47,49,51-73H2,1-5H3/b10-8-,11-9-,16-14-,17-15-,22-20-,23-21-,28-26-,29-27-,32-31-,35-34-,38-37-,41-40-,50-48-. The highest BCUT2D eigenvalue weighted by atomic mass is 16.7. The van der Waals surface area contributed by atoms with Gasteiger partial charge in [-0.1, -0.05) is 281 Å². The van der Waals surface area contributed by atoms with Gasteiger partial charge in [0.15, 0.2) is 12.4 Å². The van der Waals surface area contributed by atoms with Gasteiger partial charge in [0.05, 0.1) is 40.3 Å². The molecule has 0 saturated carbocycles. The minimum absolute atomic E-state index is 0.138. The summed E-state index contributed by atoms with van der Waals surface area (Å²) in [7, 11) is 5.92. The lowest BCUT2D eigenvalue weighted by molar-refractivity contribution is -0.870. The highest BCUT2D eigenvalue weighted by Gasteiger charge is 2.22. The number of carbonyl (C=O) groups excluding carboxylic acids is 3. The van der Waals surface area contributed by atoms with Crippen LogP contribution in [0.25, 0.3) is 0 Å². The topological polar surface area (TPSA) is 111 Å². The molecule has 2 unspecified atom stereocenters. The molecule has 0 spiro atoms. The average molecular weight is 1210 g/mol. The van der Waals surface area contributed by atoms with Crippen LogP contribution >= 0.6 is 0 Å². The summed E-state index contributed by atoms with van der Waals surface area (Å²) >= 11 is 0. The Morgan fingerprint density at radius 3 is 0.920 bits per heavy atom. The highest BCUT2D eigenvalue weighted by molar-refractivity contribution is 5.70. The van der Waals surface area contributed by atoms with Gasteiger partial charge in [-0.05, 0) is 122 Å². The second-order valence-electron chi connectivity index (χ2n) is 23.7. The van der Waals surface area contributed by atoms with E-state index in [0.717, 1.165) is 135 Å². The van der Waals surface area contributed by atoms with E-state index in [9.17, 15) is 19.5 Å². The lowest BCUT2D eigenvalue weighted by atomic mass is 10.0. The first-order valence-corrected chi connectivity index (χ1v) is 34.6. The molecule has 492 valence electrons. The number of unbranched alkanes of at least 4 members (excludes halogenated alkanes) is 21. The fourth-order valence-corrected chi connectivity index (χ4v) is 9.05. The minimum atomic E-state index is -1.63. The van der Waals surface area contributed by atoms with E-state index < -0.39 is 24.3 Å². The molecule has 0 radical (unpaired) electrons. The van der Waals surface area contributed by atoms with Crippen LogP contribution in [0.15, 0.2) is 158 Å². The summed E-state index contributed by atoms with van der Waals surface area (Å²) in [5.74, 6) is -2.31. The van der Waals surface area contributed by atoms with Gasteiger partial charge in [0.2, 0.25) is 0 Å². The molecule has 0 saturated heterocycles. The number of rotatable bonds is 62. The third kappa shape index (κ3) is 68.3. The smallest absolute Gasteiger partial charge is 0.306 e. The molecule has 0 fully saturated rings. The number of ether oxygens (including phenoxy) is 4. The Bertz CT molecular complexity index is 1990. The van der Waals surface area contributed by atoms with E-state index >= 15 is 0 Å². The predicted octanol–water partition coefficient (Wildman–Crippen LogP) is 20.4. The molecule has 0 aromatic carbocycles. The van der Waals surface area contributed by atoms with Gasteiger partial charge >= 0.3 is 11.9 Å². The summed E-state index contributed by atoms with van der Waals surface area (Å²) < 4.78 is 22.8. The second kappa shape index (κ2) is 66.9. The molecule has 0 amide bonds. The van der Waals surface area contributed by atoms with Crippen LogP contribution in [0.3, 0.4) is 0 Å². The summed E-state index contributed by atoms with van der Waals surface area (Å²) in [5.41, 5.74) is 0. The predicted molar refractivity (Wildman–Crippen MR) is 370 cm³/mol. The largest absolute Gasteiger partial charge is 0.545 e. The number of hydrogen-bond acceptors (Lipinski definition) is 8. The molecule has 87 heavy (non-hydrogen) atoms. The fraction of sp³-hybridized carbons (Fsp3) is 0.628. The van der Waals surface area contributed by atoms with E-state index in [1.807, 2.05) is 21.1 Å². The summed E-state index contributed by atoms with van der Waals surface area (Å²) in [5, 5.41) is 11.8. The molecular formula is C78H127NO8. The molecule has 0 aliphatic rings. The van der Waals surface area contributed by atoms with Crippen LogP contribution in [0.1, 0.15) is 258 Å². The van der Waals surface area contributed by atoms with Crippen molar-refractivity contribution in [1.29, 1.82) is 0 Å². The maximum atomic E-state index is 12.9. The number of esters is 2. The Kier molecular flexibility index (Phi) is 62.9.